The van der Waals surface area contributed by atoms with Crippen LogP contribution in [0.4, 0.5) is 5.69 Å². The highest BCUT2D eigenvalue weighted by Crippen LogP contribution is 2.20. The van der Waals surface area contributed by atoms with Gasteiger partial charge in [-0.05, 0) is 13.0 Å². The van der Waals surface area contributed by atoms with Gasteiger partial charge in [-0.3, -0.25) is 19.5 Å². The summed E-state index contributed by atoms with van der Waals surface area (Å²) >= 11 is 0. The Bertz CT molecular complexity index is 982. The van der Waals surface area contributed by atoms with E-state index in [4.69, 9.17) is 13.7 Å². The molecule has 0 unspecified atom stereocenters. The lowest BCUT2D eigenvalue weighted by atomic mass is 10.3. The monoisotopic (exact) mass is 333 g/mol. The van der Waals surface area contributed by atoms with Crippen LogP contribution in [0.15, 0.2) is 38.0 Å². The maximum Gasteiger partial charge on any atom is 0.420 e. The van der Waals surface area contributed by atoms with Gasteiger partial charge in [0, 0.05) is 12.1 Å². The number of nitro benzene ring substituents is 1. The van der Waals surface area contributed by atoms with Crippen molar-refractivity contribution in [3.63, 3.8) is 0 Å². The first-order valence-electron chi connectivity index (χ1n) is 6.79. The Morgan fingerprint density at radius 1 is 1.42 bits per heavy atom. The molecule has 0 fully saturated rings. The maximum atomic E-state index is 11.9. The zero-order chi connectivity index (χ0) is 17.3. The summed E-state index contributed by atoms with van der Waals surface area (Å²) in [5.41, 5.74) is 0.516. The van der Waals surface area contributed by atoms with Crippen LogP contribution in [0.2, 0.25) is 0 Å². The van der Waals surface area contributed by atoms with Crippen molar-refractivity contribution < 1.29 is 23.4 Å². The molecule has 0 spiro atoms. The van der Waals surface area contributed by atoms with Gasteiger partial charge in [0.15, 0.2) is 5.58 Å². The number of nitrogens with zero attached hydrogens (tertiary/aromatic N) is 3. The van der Waals surface area contributed by atoms with E-state index in [1.54, 1.807) is 13.0 Å². The molecule has 0 aliphatic carbocycles. The summed E-state index contributed by atoms with van der Waals surface area (Å²) in [5.74, 6) is -0.904. The molecule has 2 heterocycles. The van der Waals surface area contributed by atoms with Crippen LogP contribution in [0.1, 0.15) is 11.5 Å². The second kappa shape index (κ2) is 5.99. The summed E-state index contributed by atoms with van der Waals surface area (Å²) in [7, 11) is 0. The summed E-state index contributed by atoms with van der Waals surface area (Å²) in [6, 6.07) is 5.30. The van der Waals surface area contributed by atoms with Gasteiger partial charge in [-0.15, -0.1) is 0 Å². The number of fused-ring (bicyclic) bond motifs is 1. The minimum atomic E-state index is -0.806. The molecule has 10 nitrogen and oxygen atoms in total. The minimum absolute atomic E-state index is 0.0223. The first kappa shape index (κ1) is 15.5. The SMILES string of the molecule is Cc1cc(COC(=O)Cn2c(=O)oc3cc([N+](=O)[O-])ccc32)no1. The number of non-ortho nitro benzene ring substituents is 1. The van der Waals surface area contributed by atoms with Gasteiger partial charge in [0.25, 0.3) is 5.69 Å². The van der Waals surface area contributed by atoms with Crippen LogP contribution >= 0.6 is 0 Å². The molecule has 0 bridgehead atoms. The maximum absolute atomic E-state index is 11.9. The van der Waals surface area contributed by atoms with Gasteiger partial charge >= 0.3 is 11.7 Å². The molecular weight excluding hydrogens is 322 g/mol. The number of oxazole rings is 1. The lowest BCUT2D eigenvalue weighted by Gasteiger charge is -2.03. The van der Waals surface area contributed by atoms with Crippen molar-refractivity contribution >= 4 is 22.8 Å². The van der Waals surface area contributed by atoms with Crippen molar-refractivity contribution in [2.45, 2.75) is 20.1 Å². The van der Waals surface area contributed by atoms with Gasteiger partial charge in [-0.25, -0.2) is 4.79 Å². The standard InChI is InChI=1S/C14H11N3O7/c1-8-4-9(15-24-8)7-22-13(18)6-16-11-3-2-10(17(20)21)5-12(11)23-14(16)19/h2-5H,6-7H2,1H3. The number of carbonyl (C=O) groups is 1. The highest BCUT2D eigenvalue weighted by atomic mass is 16.6. The Kier molecular flexibility index (Phi) is 3.86. The second-order valence-electron chi connectivity index (χ2n) is 4.95. The number of aryl methyl sites for hydroxylation is 1. The third kappa shape index (κ3) is 3.02. The largest absolute Gasteiger partial charge is 0.458 e. The molecule has 1 aromatic carbocycles. The summed E-state index contributed by atoms with van der Waals surface area (Å²) < 4.78 is 15.8. The third-order valence-corrected chi connectivity index (χ3v) is 3.21. The number of benzene rings is 1. The molecule has 0 radical (unpaired) electrons. The van der Waals surface area contributed by atoms with Crippen LogP contribution in [0.3, 0.4) is 0 Å². The molecule has 2 aromatic heterocycles. The number of rotatable bonds is 5. The highest BCUT2D eigenvalue weighted by Gasteiger charge is 2.17. The van der Waals surface area contributed by atoms with Gasteiger partial charge in [0.2, 0.25) is 0 Å². The van der Waals surface area contributed by atoms with Crippen LogP contribution in [0, 0.1) is 17.0 Å². The predicted octanol–water partition coefficient (Wildman–Crippen LogP) is 1.54. The summed E-state index contributed by atoms with van der Waals surface area (Å²) in [4.78, 5) is 33.8. The normalized spacial score (nSPS) is 10.9. The molecule has 0 aliphatic rings. The molecular formula is C14H11N3O7. The summed E-state index contributed by atoms with van der Waals surface area (Å²) in [6.45, 7) is 1.22. The number of aromatic nitrogens is 2. The molecule has 0 aliphatic heterocycles. The van der Waals surface area contributed by atoms with Crippen molar-refractivity contribution in [2.75, 3.05) is 0 Å². The number of carbonyl (C=O) groups excluding carboxylic acids is 1. The molecule has 0 atom stereocenters. The van der Waals surface area contributed by atoms with Crippen LogP contribution in [0.25, 0.3) is 11.1 Å². The van der Waals surface area contributed by atoms with Crippen LogP contribution in [-0.4, -0.2) is 20.6 Å². The first-order chi connectivity index (χ1) is 11.4. The molecule has 0 amide bonds. The van der Waals surface area contributed by atoms with E-state index in [0.717, 1.165) is 10.6 Å². The smallest absolute Gasteiger partial charge is 0.420 e. The molecule has 0 saturated carbocycles. The lowest BCUT2D eigenvalue weighted by molar-refractivity contribution is -0.384. The molecule has 124 valence electrons. The highest BCUT2D eigenvalue weighted by molar-refractivity contribution is 5.78. The van der Waals surface area contributed by atoms with Gasteiger partial charge in [0.05, 0.1) is 16.5 Å². The van der Waals surface area contributed by atoms with Crippen molar-refractivity contribution in [2.24, 2.45) is 0 Å². The number of nitro groups is 1. The van der Waals surface area contributed by atoms with E-state index < -0.39 is 16.6 Å². The Morgan fingerprint density at radius 3 is 2.88 bits per heavy atom. The number of ether oxygens (including phenoxy) is 1. The van der Waals surface area contributed by atoms with Gasteiger partial charge in [0.1, 0.15) is 24.6 Å². The van der Waals surface area contributed by atoms with E-state index in [-0.39, 0.29) is 29.9 Å². The van der Waals surface area contributed by atoms with Gasteiger partial charge in [-0.1, -0.05) is 5.16 Å². The minimum Gasteiger partial charge on any atom is -0.458 e. The lowest BCUT2D eigenvalue weighted by Crippen LogP contribution is -2.21. The molecule has 0 saturated heterocycles. The Balaban J connectivity index is 1.76. The second-order valence-corrected chi connectivity index (χ2v) is 4.95. The average Bonchev–Trinajstić information content (AvgIpc) is 3.08. The molecule has 0 N–H and O–H groups in total. The van der Waals surface area contributed by atoms with Crippen LogP contribution in [-0.2, 0) is 22.7 Å². The van der Waals surface area contributed by atoms with Crippen molar-refractivity contribution in [1.29, 1.82) is 0 Å². The number of hydrogen-bond donors (Lipinski definition) is 0. The predicted molar refractivity (Wildman–Crippen MR) is 78.2 cm³/mol. The zero-order valence-corrected chi connectivity index (χ0v) is 12.4. The fourth-order valence-electron chi connectivity index (χ4n) is 2.13. The fourth-order valence-corrected chi connectivity index (χ4v) is 2.13. The third-order valence-electron chi connectivity index (χ3n) is 3.21. The molecule has 10 heteroatoms. The topological polar surface area (TPSA) is 131 Å². The van der Waals surface area contributed by atoms with E-state index in [9.17, 15) is 19.7 Å². The average molecular weight is 333 g/mol. The van der Waals surface area contributed by atoms with E-state index in [0.29, 0.717) is 11.5 Å². The Labute approximate surface area is 133 Å². The summed E-state index contributed by atoms with van der Waals surface area (Å²) in [6.07, 6.45) is 0. The van der Waals surface area contributed by atoms with Crippen molar-refractivity contribution in [3.8, 4) is 0 Å². The number of esters is 1. The van der Waals surface area contributed by atoms with Crippen molar-refractivity contribution in [1.82, 2.24) is 9.72 Å². The van der Waals surface area contributed by atoms with Crippen LogP contribution < -0.4 is 5.76 Å². The van der Waals surface area contributed by atoms with E-state index >= 15 is 0 Å². The van der Waals surface area contributed by atoms with Gasteiger partial charge in [-0.2, -0.15) is 0 Å². The molecule has 3 rings (SSSR count). The first-order valence-corrected chi connectivity index (χ1v) is 6.79. The fraction of sp³-hybridized carbons (Fsp3) is 0.214. The van der Waals surface area contributed by atoms with E-state index in [2.05, 4.69) is 5.16 Å². The summed E-state index contributed by atoms with van der Waals surface area (Å²) in [5, 5.41) is 14.4. The Morgan fingerprint density at radius 2 is 2.21 bits per heavy atom. The van der Waals surface area contributed by atoms with E-state index in [1.165, 1.54) is 12.1 Å². The zero-order valence-electron chi connectivity index (χ0n) is 12.4. The number of hydrogen-bond acceptors (Lipinski definition) is 8. The molecule has 24 heavy (non-hydrogen) atoms. The molecule has 3 aromatic rings. The van der Waals surface area contributed by atoms with Gasteiger partial charge < -0.3 is 13.7 Å². The van der Waals surface area contributed by atoms with Crippen molar-refractivity contribution in [3.05, 3.63) is 56.4 Å². The Hall–Kier alpha value is -3.43. The quantitative estimate of drug-likeness (QED) is 0.390. The van der Waals surface area contributed by atoms with E-state index in [1.807, 2.05) is 0 Å². The van der Waals surface area contributed by atoms with Crippen LogP contribution in [0.5, 0.6) is 0 Å².